The van der Waals surface area contributed by atoms with Crippen molar-refractivity contribution in [3.8, 4) is 23.0 Å². The van der Waals surface area contributed by atoms with Crippen LogP contribution in [-0.4, -0.2) is 60.6 Å². The minimum absolute atomic E-state index is 0.0426. The van der Waals surface area contributed by atoms with Crippen LogP contribution in [0.25, 0.3) is 32.6 Å². The molecular formula is C26H25N3O8. The summed E-state index contributed by atoms with van der Waals surface area (Å²) in [5.74, 6) is 1.20. The Morgan fingerprint density at radius 1 is 1.05 bits per heavy atom. The smallest absolute Gasteiger partial charge is 0.415 e. The van der Waals surface area contributed by atoms with Gasteiger partial charge in [0, 0.05) is 48.9 Å². The number of esters is 1. The highest BCUT2D eigenvalue weighted by molar-refractivity contribution is 6.15. The lowest BCUT2D eigenvalue weighted by molar-refractivity contribution is -0.143. The maximum Gasteiger partial charge on any atom is 0.415 e. The van der Waals surface area contributed by atoms with E-state index in [4.69, 9.17) is 23.7 Å². The van der Waals surface area contributed by atoms with Crippen molar-refractivity contribution in [2.75, 3.05) is 34.1 Å². The third kappa shape index (κ3) is 4.22. The van der Waals surface area contributed by atoms with E-state index in [1.54, 1.807) is 32.3 Å². The molecule has 0 aliphatic carbocycles. The van der Waals surface area contributed by atoms with Gasteiger partial charge in [-0.05, 0) is 18.2 Å². The molecule has 0 saturated heterocycles. The Hall–Kier alpha value is -4.54. The van der Waals surface area contributed by atoms with Gasteiger partial charge in [-0.15, -0.1) is 0 Å². The Labute approximate surface area is 211 Å². The van der Waals surface area contributed by atoms with Crippen LogP contribution < -0.4 is 24.5 Å². The highest BCUT2D eigenvalue weighted by Crippen LogP contribution is 2.40. The van der Waals surface area contributed by atoms with Crippen molar-refractivity contribution >= 4 is 44.6 Å². The summed E-state index contributed by atoms with van der Waals surface area (Å²) >= 11 is 0. The molecule has 2 aromatic carbocycles. The lowest BCUT2D eigenvalue weighted by Gasteiger charge is -2.18. The van der Waals surface area contributed by atoms with Gasteiger partial charge in [0.1, 0.15) is 6.61 Å². The molecule has 0 spiro atoms. The maximum absolute atomic E-state index is 13.5. The lowest BCUT2D eigenvalue weighted by atomic mass is 10.0. The van der Waals surface area contributed by atoms with Crippen molar-refractivity contribution in [3.05, 3.63) is 40.8 Å². The van der Waals surface area contributed by atoms with Gasteiger partial charge in [-0.3, -0.25) is 14.6 Å². The molecule has 1 amide bonds. The van der Waals surface area contributed by atoms with Gasteiger partial charge in [0.05, 0.1) is 30.1 Å². The van der Waals surface area contributed by atoms with Crippen LogP contribution in [0, 0.1) is 0 Å². The molecule has 1 aliphatic heterocycles. The number of rotatable bonds is 6. The number of benzene rings is 2. The molecule has 3 heterocycles. The Morgan fingerprint density at radius 2 is 1.78 bits per heavy atom. The number of amides is 1. The zero-order chi connectivity index (χ0) is 26.3. The molecular weight excluding hydrogens is 482 g/mol. The lowest BCUT2D eigenvalue weighted by Crippen LogP contribution is -2.33. The van der Waals surface area contributed by atoms with Gasteiger partial charge >= 0.3 is 12.1 Å². The first-order chi connectivity index (χ1) is 17.8. The number of methoxy groups -OCH3 is 1. The number of likely N-dealkylation sites (N-methyl/N-ethyl adjacent to an activating group) is 1. The summed E-state index contributed by atoms with van der Waals surface area (Å²) in [5.41, 5.74) is 1.05. The highest BCUT2D eigenvalue weighted by Gasteiger charge is 2.21. The van der Waals surface area contributed by atoms with E-state index in [-0.39, 0.29) is 49.4 Å². The van der Waals surface area contributed by atoms with Crippen LogP contribution >= 0.6 is 0 Å². The molecule has 11 heteroatoms. The number of hydrogen-bond acceptors (Lipinski definition) is 9. The average Bonchev–Trinajstić information content (AvgIpc) is 3.36. The van der Waals surface area contributed by atoms with E-state index in [0.29, 0.717) is 33.3 Å². The summed E-state index contributed by atoms with van der Waals surface area (Å²) in [6.45, 7) is 2.00. The van der Waals surface area contributed by atoms with Gasteiger partial charge in [-0.2, -0.15) is 0 Å². The number of pyridine rings is 2. The molecule has 4 aromatic rings. The third-order valence-corrected chi connectivity index (χ3v) is 6.29. The number of nitrogens with zero attached hydrogens (tertiary/aromatic N) is 3. The second kappa shape index (κ2) is 9.49. The van der Waals surface area contributed by atoms with Crippen molar-refractivity contribution < 1.29 is 33.3 Å². The second-order valence-electron chi connectivity index (χ2n) is 8.52. The van der Waals surface area contributed by atoms with E-state index in [9.17, 15) is 14.4 Å². The Balaban J connectivity index is 1.56. The Kier molecular flexibility index (Phi) is 6.20. The molecule has 11 nitrogen and oxygen atoms in total. The van der Waals surface area contributed by atoms with Gasteiger partial charge in [0.2, 0.25) is 6.79 Å². The number of aromatic nitrogens is 2. The SMILES string of the molecule is CCC(=O)OCCN(C)C(=O)Oc1cc2c(=O)n(C)c3c4cc5c(cc4ncc3c2cc1OC)OCO5. The fourth-order valence-corrected chi connectivity index (χ4v) is 4.27. The number of ether oxygens (including phenoxy) is 5. The van der Waals surface area contributed by atoms with Crippen LogP contribution in [0.3, 0.4) is 0 Å². The summed E-state index contributed by atoms with van der Waals surface area (Å²) in [6, 6.07) is 6.75. The first-order valence-corrected chi connectivity index (χ1v) is 11.6. The molecule has 0 fully saturated rings. The molecule has 0 radical (unpaired) electrons. The summed E-state index contributed by atoms with van der Waals surface area (Å²) in [7, 11) is 4.64. The molecule has 2 aromatic heterocycles. The van der Waals surface area contributed by atoms with Crippen molar-refractivity contribution in [2.24, 2.45) is 7.05 Å². The monoisotopic (exact) mass is 507 g/mol. The van der Waals surface area contributed by atoms with E-state index < -0.39 is 6.09 Å². The van der Waals surface area contributed by atoms with Crippen LogP contribution in [0.4, 0.5) is 4.79 Å². The zero-order valence-corrected chi connectivity index (χ0v) is 20.8. The van der Waals surface area contributed by atoms with Crippen LogP contribution in [0.15, 0.2) is 35.3 Å². The van der Waals surface area contributed by atoms with E-state index in [0.717, 1.165) is 10.8 Å². The van der Waals surface area contributed by atoms with Crippen LogP contribution in [0.1, 0.15) is 13.3 Å². The number of carbonyl (C=O) groups excluding carboxylic acids is 2. The highest BCUT2D eigenvalue weighted by atomic mass is 16.7. The van der Waals surface area contributed by atoms with E-state index >= 15 is 0 Å². The van der Waals surface area contributed by atoms with Crippen molar-refractivity contribution in [3.63, 3.8) is 0 Å². The molecule has 0 atom stereocenters. The minimum atomic E-state index is -0.688. The normalized spacial score (nSPS) is 12.2. The third-order valence-electron chi connectivity index (χ3n) is 6.29. The second-order valence-corrected chi connectivity index (χ2v) is 8.52. The standard InChI is InChI=1S/C26H25N3O8/c1-5-23(30)34-7-6-28(2)26(32)37-22-9-15-14(8-19(22)33-4)17-12-27-18-11-21-20(35-13-36-21)10-16(18)24(17)29(3)25(15)31/h8-12H,5-7,13H2,1-4H3. The van der Waals surface area contributed by atoms with Crippen molar-refractivity contribution in [1.29, 1.82) is 0 Å². The molecule has 0 unspecified atom stereocenters. The largest absolute Gasteiger partial charge is 0.493 e. The summed E-state index contributed by atoms with van der Waals surface area (Å²) in [5, 5.41) is 2.39. The fourth-order valence-electron chi connectivity index (χ4n) is 4.27. The molecule has 0 saturated carbocycles. The van der Waals surface area contributed by atoms with E-state index in [1.807, 2.05) is 6.07 Å². The quantitative estimate of drug-likeness (QED) is 0.286. The molecule has 192 valence electrons. The number of hydrogen-bond donors (Lipinski definition) is 0. The molecule has 5 rings (SSSR count). The molecule has 1 aliphatic rings. The fraction of sp³-hybridized carbons (Fsp3) is 0.308. The van der Waals surface area contributed by atoms with Gasteiger partial charge in [0.15, 0.2) is 23.0 Å². The van der Waals surface area contributed by atoms with Gasteiger partial charge in [-0.1, -0.05) is 6.92 Å². The molecule has 0 bridgehead atoms. The van der Waals surface area contributed by atoms with Gasteiger partial charge < -0.3 is 33.2 Å². The summed E-state index contributed by atoms with van der Waals surface area (Å²) in [4.78, 5) is 43.3. The van der Waals surface area contributed by atoms with Gasteiger partial charge in [-0.25, -0.2) is 4.79 Å². The maximum atomic E-state index is 13.5. The predicted octanol–water partition coefficient (Wildman–Crippen LogP) is 3.36. The van der Waals surface area contributed by atoms with Crippen molar-refractivity contribution in [1.82, 2.24) is 14.5 Å². The molecule has 37 heavy (non-hydrogen) atoms. The predicted molar refractivity (Wildman–Crippen MR) is 135 cm³/mol. The van der Waals surface area contributed by atoms with Crippen LogP contribution in [0.2, 0.25) is 0 Å². The van der Waals surface area contributed by atoms with Crippen LogP contribution in [-0.2, 0) is 16.6 Å². The average molecular weight is 507 g/mol. The first-order valence-electron chi connectivity index (χ1n) is 11.6. The Morgan fingerprint density at radius 3 is 2.51 bits per heavy atom. The summed E-state index contributed by atoms with van der Waals surface area (Å²) < 4.78 is 28.6. The van der Waals surface area contributed by atoms with Crippen LogP contribution in [0.5, 0.6) is 23.0 Å². The number of fused-ring (bicyclic) bond motifs is 6. The molecule has 0 N–H and O–H groups in total. The van der Waals surface area contributed by atoms with Crippen molar-refractivity contribution in [2.45, 2.75) is 13.3 Å². The topological polar surface area (TPSA) is 118 Å². The number of carbonyl (C=O) groups is 2. The first kappa shape index (κ1) is 24.2. The number of aryl methyl sites for hydroxylation is 1. The summed E-state index contributed by atoms with van der Waals surface area (Å²) in [6.07, 6.45) is 1.26. The Bertz CT molecular complexity index is 1630. The van der Waals surface area contributed by atoms with E-state index in [2.05, 4.69) is 4.98 Å². The van der Waals surface area contributed by atoms with Gasteiger partial charge in [0.25, 0.3) is 5.56 Å². The van der Waals surface area contributed by atoms with E-state index in [1.165, 1.54) is 29.7 Å². The zero-order valence-electron chi connectivity index (χ0n) is 20.8. The minimum Gasteiger partial charge on any atom is -0.493 e.